The van der Waals surface area contributed by atoms with Crippen LogP contribution in [0, 0.1) is 5.92 Å². The fourth-order valence-electron chi connectivity index (χ4n) is 3.92. The van der Waals surface area contributed by atoms with E-state index in [1.54, 1.807) is 41.6 Å². The minimum atomic E-state index is -3.72. The first-order valence-corrected chi connectivity index (χ1v) is 11.5. The van der Waals surface area contributed by atoms with Crippen molar-refractivity contribution in [2.24, 2.45) is 5.92 Å². The maximum absolute atomic E-state index is 13.1. The number of carbonyl (C=O) groups excluding carboxylic acids is 2. The Balaban J connectivity index is 1.45. The number of sulfonamides is 1. The van der Waals surface area contributed by atoms with Crippen LogP contribution < -0.4 is 10.2 Å². The standard InChI is InChI=1S/C21H24N4O4S/c26-20-6-3-13-25(20)18-7-9-19(10-8-18)30(28,29)24-12-2-4-16(15-24)21(27)23-17-5-1-11-22-14-17/h1,5,7-11,14,16H,2-4,6,12-13,15H2,(H,23,27). The van der Waals surface area contributed by atoms with Gasteiger partial charge < -0.3 is 10.2 Å². The van der Waals surface area contributed by atoms with E-state index in [0.29, 0.717) is 43.7 Å². The van der Waals surface area contributed by atoms with E-state index in [1.165, 1.54) is 16.4 Å². The Morgan fingerprint density at radius 3 is 2.57 bits per heavy atom. The molecule has 2 saturated heterocycles. The van der Waals surface area contributed by atoms with Gasteiger partial charge in [0.2, 0.25) is 21.8 Å². The second-order valence-corrected chi connectivity index (χ2v) is 9.51. The Bertz CT molecular complexity index is 1020. The van der Waals surface area contributed by atoms with Crippen molar-refractivity contribution < 1.29 is 18.0 Å². The zero-order valence-corrected chi connectivity index (χ0v) is 17.3. The minimum Gasteiger partial charge on any atom is -0.324 e. The maximum Gasteiger partial charge on any atom is 0.243 e. The Morgan fingerprint density at radius 2 is 1.90 bits per heavy atom. The number of carbonyl (C=O) groups is 2. The summed E-state index contributed by atoms with van der Waals surface area (Å²) in [6.07, 6.45) is 5.77. The lowest BCUT2D eigenvalue weighted by atomic mass is 9.99. The maximum atomic E-state index is 13.1. The molecule has 0 aliphatic carbocycles. The highest BCUT2D eigenvalue weighted by Crippen LogP contribution is 2.27. The first-order valence-electron chi connectivity index (χ1n) is 10.1. The van der Waals surface area contributed by atoms with Gasteiger partial charge in [0.15, 0.2) is 0 Å². The highest BCUT2D eigenvalue weighted by molar-refractivity contribution is 7.89. The van der Waals surface area contributed by atoms with Gasteiger partial charge in [-0.15, -0.1) is 0 Å². The summed E-state index contributed by atoms with van der Waals surface area (Å²) in [5, 5.41) is 2.81. The average molecular weight is 429 g/mol. The SMILES string of the molecule is O=C(Nc1cccnc1)C1CCCN(S(=O)(=O)c2ccc(N3CCCC3=O)cc2)C1. The third-order valence-corrected chi connectivity index (χ3v) is 7.42. The zero-order chi connectivity index (χ0) is 21.1. The molecule has 1 atom stereocenters. The molecule has 1 unspecified atom stereocenters. The second kappa shape index (κ2) is 8.53. The monoisotopic (exact) mass is 428 g/mol. The van der Waals surface area contributed by atoms with E-state index in [9.17, 15) is 18.0 Å². The van der Waals surface area contributed by atoms with Crippen LogP contribution in [0.15, 0.2) is 53.7 Å². The minimum absolute atomic E-state index is 0.0594. The van der Waals surface area contributed by atoms with Gasteiger partial charge in [0.25, 0.3) is 0 Å². The zero-order valence-electron chi connectivity index (χ0n) is 16.5. The van der Waals surface area contributed by atoms with Crippen LogP contribution in [0.1, 0.15) is 25.7 Å². The number of rotatable bonds is 5. The van der Waals surface area contributed by atoms with E-state index >= 15 is 0 Å². The lowest BCUT2D eigenvalue weighted by molar-refractivity contribution is -0.121. The number of amides is 2. The van der Waals surface area contributed by atoms with Crippen molar-refractivity contribution in [2.75, 3.05) is 29.9 Å². The molecule has 8 nitrogen and oxygen atoms in total. The van der Waals surface area contributed by atoms with E-state index in [-0.39, 0.29) is 23.3 Å². The Labute approximate surface area is 175 Å². The van der Waals surface area contributed by atoms with Crippen LogP contribution in [0.25, 0.3) is 0 Å². The summed E-state index contributed by atoms with van der Waals surface area (Å²) in [5.74, 6) is -0.565. The van der Waals surface area contributed by atoms with E-state index < -0.39 is 15.9 Å². The highest BCUT2D eigenvalue weighted by Gasteiger charge is 2.33. The Kier molecular flexibility index (Phi) is 5.83. The molecule has 4 rings (SSSR count). The summed E-state index contributed by atoms with van der Waals surface area (Å²) in [5.41, 5.74) is 1.30. The summed E-state index contributed by atoms with van der Waals surface area (Å²) in [4.78, 5) is 30.3. The largest absolute Gasteiger partial charge is 0.324 e. The van der Waals surface area contributed by atoms with Gasteiger partial charge in [-0.1, -0.05) is 0 Å². The molecule has 9 heteroatoms. The summed E-state index contributed by atoms with van der Waals surface area (Å²) in [7, 11) is -3.72. The molecule has 1 aromatic heterocycles. The quantitative estimate of drug-likeness (QED) is 0.787. The molecule has 0 saturated carbocycles. The van der Waals surface area contributed by atoms with Gasteiger partial charge in [0.05, 0.1) is 22.7 Å². The van der Waals surface area contributed by atoms with Crippen LogP contribution in [0.5, 0.6) is 0 Å². The lowest BCUT2D eigenvalue weighted by Crippen LogP contribution is -2.43. The molecular weight excluding hydrogens is 404 g/mol. The number of hydrogen-bond acceptors (Lipinski definition) is 5. The number of pyridine rings is 1. The van der Waals surface area contributed by atoms with E-state index in [4.69, 9.17) is 0 Å². The summed E-state index contributed by atoms with van der Waals surface area (Å²) < 4.78 is 27.6. The molecule has 2 aliphatic heterocycles. The van der Waals surface area contributed by atoms with E-state index in [0.717, 1.165) is 6.42 Å². The predicted molar refractivity (Wildman–Crippen MR) is 112 cm³/mol. The number of benzene rings is 1. The Hall–Kier alpha value is -2.78. The third-order valence-electron chi connectivity index (χ3n) is 5.54. The number of hydrogen-bond donors (Lipinski definition) is 1. The van der Waals surface area contributed by atoms with Crippen molar-refractivity contribution in [3.05, 3.63) is 48.8 Å². The van der Waals surface area contributed by atoms with Crippen LogP contribution in [-0.4, -0.2) is 49.2 Å². The van der Waals surface area contributed by atoms with Crippen molar-refractivity contribution >= 4 is 33.2 Å². The van der Waals surface area contributed by atoms with Crippen molar-refractivity contribution in [1.29, 1.82) is 0 Å². The van der Waals surface area contributed by atoms with Crippen LogP contribution in [-0.2, 0) is 19.6 Å². The van der Waals surface area contributed by atoms with Gasteiger partial charge in [-0.25, -0.2) is 8.42 Å². The van der Waals surface area contributed by atoms with Gasteiger partial charge in [0.1, 0.15) is 0 Å². The molecule has 1 aromatic carbocycles. The average Bonchev–Trinajstić information content (AvgIpc) is 3.20. The van der Waals surface area contributed by atoms with Gasteiger partial charge in [0, 0.05) is 37.9 Å². The predicted octanol–water partition coefficient (Wildman–Crippen LogP) is 2.25. The molecule has 3 heterocycles. The number of nitrogens with zero attached hydrogens (tertiary/aromatic N) is 3. The van der Waals surface area contributed by atoms with Gasteiger partial charge in [-0.05, 0) is 55.7 Å². The first-order chi connectivity index (χ1) is 14.4. The molecule has 158 valence electrons. The number of nitrogens with one attached hydrogen (secondary N) is 1. The van der Waals surface area contributed by atoms with E-state index in [1.807, 2.05) is 0 Å². The van der Waals surface area contributed by atoms with Crippen molar-refractivity contribution in [2.45, 2.75) is 30.6 Å². The molecule has 2 amide bonds. The van der Waals surface area contributed by atoms with E-state index in [2.05, 4.69) is 10.3 Å². The molecular formula is C21H24N4O4S. The lowest BCUT2D eigenvalue weighted by Gasteiger charge is -2.31. The van der Waals surface area contributed by atoms with Gasteiger partial charge >= 0.3 is 0 Å². The summed E-state index contributed by atoms with van der Waals surface area (Å²) in [6, 6.07) is 9.89. The van der Waals surface area contributed by atoms with Crippen LogP contribution in [0.2, 0.25) is 0 Å². The first kappa shape index (κ1) is 20.5. The summed E-state index contributed by atoms with van der Waals surface area (Å²) in [6.45, 7) is 1.18. The van der Waals surface area contributed by atoms with Crippen molar-refractivity contribution in [3.8, 4) is 0 Å². The molecule has 2 aliphatic rings. The molecule has 0 spiro atoms. The molecule has 2 fully saturated rings. The fraction of sp³-hybridized carbons (Fsp3) is 0.381. The van der Waals surface area contributed by atoms with Crippen molar-refractivity contribution in [1.82, 2.24) is 9.29 Å². The topological polar surface area (TPSA) is 99.7 Å². The van der Waals surface area contributed by atoms with Crippen LogP contribution >= 0.6 is 0 Å². The van der Waals surface area contributed by atoms with Gasteiger partial charge in [-0.2, -0.15) is 4.31 Å². The Morgan fingerprint density at radius 1 is 1.10 bits per heavy atom. The molecule has 1 N–H and O–H groups in total. The fourth-order valence-corrected chi connectivity index (χ4v) is 5.45. The number of aromatic nitrogens is 1. The molecule has 30 heavy (non-hydrogen) atoms. The summed E-state index contributed by atoms with van der Waals surface area (Å²) >= 11 is 0. The molecule has 0 bridgehead atoms. The smallest absolute Gasteiger partial charge is 0.243 e. The second-order valence-electron chi connectivity index (χ2n) is 7.58. The van der Waals surface area contributed by atoms with Gasteiger partial charge in [-0.3, -0.25) is 14.6 Å². The van der Waals surface area contributed by atoms with Crippen LogP contribution in [0.4, 0.5) is 11.4 Å². The third kappa shape index (κ3) is 4.22. The van der Waals surface area contributed by atoms with Crippen molar-refractivity contribution in [3.63, 3.8) is 0 Å². The number of anilines is 2. The molecule has 2 aromatic rings. The van der Waals surface area contributed by atoms with Crippen LogP contribution in [0.3, 0.4) is 0 Å². The number of piperidine rings is 1. The highest BCUT2D eigenvalue weighted by atomic mass is 32.2. The molecule has 0 radical (unpaired) electrons. The normalized spacial score (nSPS) is 20.3.